The van der Waals surface area contributed by atoms with Gasteiger partial charge in [0.2, 0.25) is 5.79 Å². The van der Waals surface area contributed by atoms with E-state index in [4.69, 9.17) is 14.2 Å². The van der Waals surface area contributed by atoms with Gasteiger partial charge < -0.3 is 24.4 Å². The predicted molar refractivity (Wildman–Crippen MR) is 125 cm³/mol. The van der Waals surface area contributed by atoms with Crippen LogP contribution in [0.5, 0.6) is 0 Å². The molecule has 3 fully saturated rings. The van der Waals surface area contributed by atoms with E-state index in [2.05, 4.69) is 40.7 Å². The summed E-state index contributed by atoms with van der Waals surface area (Å²) in [4.78, 5) is 12.8. The molecule has 5 aliphatic rings. The Hall–Kier alpha value is -1.47. The predicted octanol–water partition coefficient (Wildman–Crippen LogP) is 3.71. The van der Waals surface area contributed by atoms with Gasteiger partial charge in [-0.3, -0.25) is 4.79 Å². The summed E-state index contributed by atoms with van der Waals surface area (Å²) in [5.74, 6) is -0.543. The fourth-order valence-corrected chi connectivity index (χ4v) is 8.02. The molecule has 3 saturated heterocycles. The number of esters is 1. The van der Waals surface area contributed by atoms with E-state index in [1.54, 1.807) is 0 Å². The molecule has 0 unspecified atom stereocenters. The highest BCUT2D eigenvalue weighted by atomic mass is 16.8. The lowest BCUT2D eigenvalue weighted by atomic mass is 9.52. The van der Waals surface area contributed by atoms with E-state index in [1.807, 2.05) is 6.92 Å². The van der Waals surface area contributed by atoms with Crippen LogP contribution < -0.4 is 0 Å². The number of carbonyl (C=O) groups excluding carboxylic acids is 1. The maximum atomic E-state index is 12.8. The zero-order valence-corrected chi connectivity index (χ0v) is 21.1. The Kier molecular flexibility index (Phi) is 4.92. The van der Waals surface area contributed by atoms with Gasteiger partial charge in [-0.15, -0.1) is 0 Å². The van der Waals surface area contributed by atoms with Crippen LogP contribution in [0.4, 0.5) is 0 Å². The van der Waals surface area contributed by atoms with E-state index in [0.717, 1.165) is 35.1 Å². The first-order valence-electron chi connectivity index (χ1n) is 13.1. The van der Waals surface area contributed by atoms with Crippen molar-refractivity contribution in [2.75, 3.05) is 0 Å². The van der Waals surface area contributed by atoms with Crippen molar-refractivity contribution in [3.05, 3.63) is 33.9 Å². The first kappa shape index (κ1) is 23.0. The fraction of sp³-hybridized carbons (Fsp3) is 0.750. The van der Waals surface area contributed by atoms with Gasteiger partial charge in [-0.1, -0.05) is 34.6 Å². The number of hydrogen-bond donors (Lipinski definition) is 2. The van der Waals surface area contributed by atoms with Crippen molar-refractivity contribution in [3.63, 3.8) is 0 Å². The molecule has 1 aromatic rings. The van der Waals surface area contributed by atoms with Crippen LogP contribution in [0.25, 0.3) is 0 Å². The minimum atomic E-state index is -1.07. The van der Waals surface area contributed by atoms with Gasteiger partial charge in [0.05, 0.1) is 23.7 Å². The second-order valence-corrected chi connectivity index (χ2v) is 12.2. The first-order chi connectivity index (χ1) is 16.0. The highest BCUT2D eigenvalue weighted by Gasteiger charge is 2.77. The molecule has 1 aromatic carbocycles. The summed E-state index contributed by atoms with van der Waals surface area (Å²) in [6, 6.07) is 2.18. The van der Waals surface area contributed by atoms with E-state index in [0.29, 0.717) is 18.8 Å². The number of aliphatic hydroxyl groups is 2. The Morgan fingerprint density at radius 2 is 1.88 bits per heavy atom. The maximum Gasteiger partial charge on any atom is 0.306 e. The standard InChI is InChI=1S/C28H38O6/c1-12(2)13(3)24-25-15(5)19-11-21(30)32-26-23(31)22-14(4)18-10-17(29)8-7-16(18)9-20(22)28(33-24,34-25)27(19,26)6/h9,12-13,15,17,19,23-26,29,31H,7-8,10-11H2,1-6H3/t13-,15+,17+,19-,23-,24-,25-,26+,27+,28+/m1/s1. The molecule has 2 bridgehead atoms. The zero-order chi connectivity index (χ0) is 24.3. The largest absolute Gasteiger partial charge is 0.458 e. The number of rotatable bonds is 2. The average Bonchev–Trinajstić information content (AvgIpc) is 3.17. The minimum Gasteiger partial charge on any atom is -0.458 e. The van der Waals surface area contributed by atoms with Crippen LogP contribution in [0.1, 0.15) is 81.4 Å². The van der Waals surface area contributed by atoms with Crippen LogP contribution in [-0.2, 0) is 37.6 Å². The van der Waals surface area contributed by atoms with Crippen molar-refractivity contribution in [1.82, 2.24) is 0 Å². The quantitative estimate of drug-likeness (QED) is 0.641. The summed E-state index contributed by atoms with van der Waals surface area (Å²) in [6.07, 6.45) is 0.119. The van der Waals surface area contributed by atoms with Gasteiger partial charge in [0.25, 0.3) is 0 Å². The van der Waals surface area contributed by atoms with E-state index < -0.39 is 23.4 Å². The fourth-order valence-electron chi connectivity index (χ4n) is 8.02. The molecule has 186 valence electrons. The number of aryl methyl sites for hydroxylation is 1. The van der Waals surface area contributed by atoms with Gasteiger partial charge in [0.15, 0.2) is 0 Å². The summed E-state index contributed by atoms with van der Waals surface area (Å²) in [6.45, 7) is 13.0. The van der Waals surface area contributed by atoms with Crippen molar-refractivity contribution in [3.8, 4) is 0 Å². The third-order valence-electron chi connectivity index (χ3n) is 10.3. The Balaban J connectivity index is 1.62. The highest BCUT2D eigenvalue weighted by molar-refractivity contribution is 5.72. The van der Waals surface area contributed by atoms with Crippen LogP contribution >= 0.6 is 0 Å². The SMILES string of the molecule is Cc1c2c(cc3c1[C@@H](O)[C@@H]1OC(=O)C[C@@H]4[C@H](C)[C@H]5O[C@]3(O[C@@H]5[C@H](C)C(C)C)[C@@]41C)CC[C@H](O)C2. The van der Waals surface area contributed by atoms with Crippen LogP contribution in [0.3, 0.4) is 0 Å². The molecule has 0 aromatic heterocycles. The third kappa shape index (κ3) is 2.63. The van der Waals surface area contributed by atoms with Crippen molar-refractivity contribution in [1.29, 1.82) is 0 Å². The number of aliphatic hydroxyl groups excluding tert-OH is 2. The van der Waals surface area contributed by atoms with Gasteiger partial charge >= 0.3 is 5.97 Å². The van der Waals surface area contributed by atoms with Crippen molar-refractivity contribution in [2.45, 2.75) is 104 Å². The summed E-state index contributed by atoms with van der Waals surface area (Å²) < 4.78 is 20.1. The Morgan fingerprint density at radius 3 is 2.59 bits per heavy atom. The topological polar surface area (TPSA) is 85.2 Å². The molecule has 2 aliphatic carbocycles. The van der Waals surface area contributed by atoms with Gasteiger partial charge in [0.1, 0.15) is 12.2 Å². The van der Waals surface area contributed by atoms with Gasteiger partial charge in [-0.25, -0.2) is 0 Å². The van der Waals surface area contributed by atoms with Crippen molar-refractivity contribution < 1.29 is 29.2 Å². The molecule has 34 heavy (non-hydrogen) atoms. The summed E-state index contributed by atoms with van der Waals surface area (Å²) >= 11 is 0. The summed E-state index contributed by atoms with van der Waals surface area (Å²) in [5.41, 5.74) is 4.23. The number of fused-ring (bicyclic) bond motifs is 3. The van der Waals surface area contributed by atoms with E-state index in [1.165, 1.54) is 5.56 Å². The molecule has 0 saturated carbocycles. The smallest absolute Gasteiger partial charge is 0.306 e. The lowest BCUT2D eigenvalue weighted by Gasteiger charge is -2.62. The molecular weight excluding hydrogens is 432 g/mol. The van der Waals surface area contributed by atoms with E-state index in [9.17, 15) is 15.0 Å². The summed E-state index contributed by atoms with van der Waals surface area (Å²) in [5, 5.41) is 22.1. The number of carbonyl (C=O) groups is 1. The molecule has 6 rings (SSSR count). The monoisotopic (exact) mass is 470 g/mol. The number of benzene rings is 1. The molecule has 6 nitrogen and oxygen atoms in total. The second-order valence-electron chi connectivity index (χ2n) is 12.2. The Bertz CT molecular complexity index is 1050. The number of hydrogen-bond acceptors (Lipinski definition) is 6. The molecule has 3 heterocycles. The number of ether oxygens (including phenoxy) is 3. The van der Waals surface area contributed by atoms with Crippen LogP contribution in [0, 0.1) is 36.0 Å². The molecular formula is C28H38O6. The average molecular weight is 471 g/mol. The van der Waals surface area contributed by atoms with E-state index in [-0.39, 0.29) is 42.0 Å². The maximum absolute atomic E-state index is 12.8. The molecule has 10 atom stereocenters. The summed E-state index contributed by atoms with van der Waals surface area (Å²) in [7, 11) is 0. The van der Waals surface area contributed by atoms with Crippen molar-refractivity contribution in [2.24, 2.45) is 29.1 Å². The Labute approximate surface area is 202 Å². The third-order valence-corrected chi connectivity index (χ3v) is 10.3. The Morgan fingerprint density at radius 1 is 1.15 bits per heavy atom. The lowest BCUT2D eigenvalue weighted by molar-refractivity contribution is -0.354. The lowest BCUT2D eigenvalue weighted by Crippen LogP contribution is -2.68. The molecule has 2 N–H and O–H groups in total. The highest BCUT2D eigenvalue weighted by Crippen LogP contribution is 2.70. The van der Waals surface area contributed by atoms with Crippen molar-refractivity contribution >= 4 is 5.97 Å². The van der Waals surface area contributed by atoms with Gasteiger partial charge in [-0.05, 0) is 78.2 Å². The minimum absolute atomic E-state index is 0.0113. The van der Waals surface area contributed by atoms with E-state index >= 15 is 0 Å². The zero-order valence-electron chi connectivity index (χ0n) is 21.1. The van der Waals surface area contributed by atoms with Crippen LogP contribution in [0.2, 0.25) is 0 Å². The normalized spacial score (nSPS) is 45.3. The molecule has 0 radical (unpaired) electrons. The van der Waals surface area contributed by atoms with Gasteiger partial charge in [-0.2, -0.15) is 0 Å². The molecule has 3 aliphatic heterocycles. The first-order valence-corrected chi connectivity index (χ1v) is 13.1. The van der Waals surface area contributed by atoms with Crippen LogP contribution in [-0.4, -0.2) is 40.6 Å². The molecule has 0 amide bonds. The molecule has 6 heteroatoms. The van der Waals surface area contributed by atoms with Crippen LogP contribution in [0.15, 0.2) is 6.07 Å². The molecule has 1 spiro atoms. The van der Waals surface area contributed by atoms with Gasteiger partial charge in [0, 0.05) is 12.0 Å². The second kappa shape index (κ2) is 7.28.